The molecule has 0 aliphatic rings. The van der Waals surface area contributed by atoms with E-state index in [-0.39, 0.29) is 5.78 Å². The Balaban J connectivity index is 1.72. The van der Waals surface area contributed by atoms with Crippen LogP contribution in [0, 0.1) is 0 Å². The van der Waals surface area contributed by atoms with Crippen LogP contribution in [0.2, 0.25) is 0 Å². The standard InChI is InChI=1S/C17H17N5O2/c18-9-12-1-7-15(8-2-12)17-19-21-22(20-17)10-13-3-5-14(6-4-13)16(24)11-23/h1-8,23H,9-11,18H2. The molecule has 0 spiro atoms. The number of aromatic nitrogens is 4. The van der Waals surface area contributed by atoms with Gasteiger partial charge in [-0.3, -0.25) is 4.79 Å². The van der Waals surface area contributed by atoms with Gasteiger partial charge in [0.15, 0.2) is 5.78 Å². The van der Waals surface area contributed by atoms with Crippen LogP contribution < -0.4 is 5.73 Å². The molecule has 3 aromatic rings. The van der Waals surface area contributed by atoms with E-state index in [0.29, 0.717) is 24.5 Å². The van der Waals surface area contributed by atoms with Gasteiger partial charge in [-0.15, -0.1) is 10.2 Å². The molecule has 2 aromatic carbocycles. The molecule has 0 aliphatic carbocycles. The Morgan fingerprint density at radius 2 is 1.71 bits per heavy atom. The van der Waals surface area contributed by atoms with Crippen molar-refractivity contribution in [3.8, 4) is 11.4 Å². The molecule has 122 valence electrons. The van der Waals surface area contributed by atoms with E-state index in [1.54, 1.807) is 12.1 Å². The average Bonchev–Trinajstić information content (AvgIpc) is 3.10. The fourth-order valence-electron chi connectivity index (χ4n) is 2.27. The van der Waals surface area contributed by atoms with E-state index in [9.17, 15) is 4.79 Å². The molecule has 0 amide bonds. The maximum atomic E-state index is 11.4. The van der Waals surface area contributed by atoms with Crippen LogP contribution in [-0.4, -0.2) is 37.7 Å². The molecule has 1 heterocycles. The first-order valence-corrected chi connectivity index (χ1v) is 7.50. The predicted molar refractivity (Wildman–Crippen MR) is 88.1 cm³/mol. The molecule has 3 rings (SSSR count). The zero-order valence-corrected chi connectivity index (χ0v) is 13.0. The molecule has 1 aromatic heterocycles. The van der Waals surface area contributed by atoms with Crippen LogP contribution in [0.3, 0.4) is 0 Å². The number of nitrogens with zero attached hydrogens (tertiary/aromatic N) is 4. The first-order valence-electron chi connectivity index (χ1n) is 7.50. The largest absolute Gasteiger partial charge is 0.388 e. The number of hydrogen-bond donors (Lipinski definition) is 2. The molecule has 3 N–H and O–H groups in total. The maximum Gasteiger partial charge on any atom is 0.204 e. The summed E-state index contributed by atoms with van der Waals surface area (Å²) in [5, 5.41) is 21.3. The summed E-state index contributed by atoms with van der Waals surface area (Å²) >= 11 is 0. The van der Waals surface area contributed by atoms with Crippen LogP contribution in [0.1, 0.15) is 21.5 Å². The second kappa shape index (κ2) is 7.12. The van der Waals surface area contributed by atoms with Crippen molar-refractivity contribution >= 4 is 5.78 Å². The highest BCUT2D eigenvalue weighted by Gasteiger charge is 2.07. The van der Waals surface area contributed by atoms with E-state index < -0.39 is 6.61 Å². The minimum Gasteiger partial charge on any atom is -0.388 e. The van der Waals surface area contributed by atoms with Gasteiger partial charge in [-0.2, -0.15) is 4.80 Å². The summed E-state index contributed by atoms with van der Waals surface area (Å²) in [6, 6.07) is 14.7. The quantitative estimate of drug-likeness (QED) is 0.656. The molecule has 0 unspecified atom stereocenters. The molecule has 0 aliphatic heterocycles. The van der Waals surface area contributed by atoms with Crippen molar-refractivity contribution in [2.45, 2.75) is 13.1 Å². The number of Topliss-reactive ketones (excluding diaryl/α,β-unsaturated/α-hetero) is 1. The molecule has 0 atom stereocenters. The van der Waals surface area contributed by atoms with Gasteiger partial charge in [0, 0.05) is 17.7 Å². The summed E-state index contributed by atoms with van der Waals surface area (Å²) < 4.78 is 0. The molecule has 24 heavy (non-hydrogen) atoms. The van der Waals surface area contributed by atoms with Crippen LogP contribution in [0.25, 0.3) is 11.4 Å². The van der Waals surface area contributed by atoms with Crippen LogP contribution in [0.5, 0.6) is 0 Å². The number of carbonyl (C=O) groups excluding carboxylic acids is 1. The second-order valence-corrected chi connectivity index (χ2v) is 5.32. The third-order valence-electron chi connectivity index (χ3n) is 3.64. The Morgan fingerprint density at radius 3 is 2.33 bits per heavy atom. The highest BCUT2D eigenvalue weighted by molar-refractivity contribution is 5.96. The molecule has 7 nitrogen and oxygen atoms in total. The van der Waals surface area contributed by atoms with E-state index in [0.717, 1.165) is 16.7 Å². The third kappa shape index (κ3) is 3.53. The first-order chi connectivity index (χ1) is 11.7. The SMILES string of the molecule is NCc1ccc(-c2nnn(Cc3ccc(C(=O)CO)cc3)n2)cc1. The van der Waals surface area contributed by atoms with Gasteiger partial charge in [0.1, 0.15) is 6.61 Å². The lowest BCUT2D eigenvalue weighted by molar-refractivity contribution is 0.0903. The molecule has 0 saturated carbocycles. The van der Waals surface area contributed by atoms with Crippen LogP contribution in [0.15, 0.2) is 48.5 Å². The van der Waals surface area contributed by atoms with Crippen molar-refractivity contribution in [2.75, 3.05) is 6.61 Å². The molecule has 0 bridgehead atoms. The van der Waals surface area contributed by atoms with Gasteiger partial charge < -0.3 is 10.8 Å². The van der Waals surface area contributed by atoms with Crippen molar-refractivity contribution in [1.82, 2.24) is 20.2 Å². The van der Waals surface area contributed by atoms with Gasteiger partial charge in [-0.25, -0.2) is 0 Å². The summed E-state index contributed by atoms with van der Waals surface area (Å²) in [4.78, 5) is 12.9. The lowest BCUT2D eigenvalue weighted by Crippen LogP contribution is -2.06. The average molecular weight is 323 g/mol. The van der Waals surface area contributed by atoms with Crippen LogP contribution in [0.4, 0.5) is 0 Å². The van der Waals surface area contributed by atoms with E-state index >= 15 is 0 Å². The highest BCUT2D eigenvalue weighted by Crippen LogP contribution is 2.14. The van der Waals surface area contributed by atoms with E-state index in [4.69, 9.17) is 10.8 Å². The Bertz CT molecular complexity index is 825. The number of aliphatic hydroxyl groups is 1. The van der Waals surface area contributed by atoms with Crippen molar-refractivity contribution in [1.29, 1.82) is 0 Å². The van der Waals surface area contributed by atoms with Crippen molar-refractivity contribution in [3.05, 3.63) is 65.2 Å². The molecular weight excluding hydrogens is 306 g/mol. The molecule has 0 fully saturated rings. The molecular formula is C17H17N5O2. The fraction of sp³-hybridized carbons (Fsp3) is 0.176. The van der Waals surface area contributed by atoms with Crippen molar-refractivity contribution < 1.29 is 9.90 Å². The summed E-state index contributed by atoms with van der Waals surface area (Å²) in [7, 11) is 0. The number of tetrazole rings is 1. The summed E-state index contributed by atoms with van der Waals surface area (Å²) in [6.07, 6.45) is 0. The van der Waals surface area contributed by atoms with Crippen LogP contribution >= 0.6 is 0 Å². The zero-order valence-electron chi connectivity index (χ0n) is 13.0. The van der Waals surface area contributed by atoms with Gasteiger partial charge in [-0.05, 0) is 16.3 Å². The van der Waals surface area contributed by atoms with E-state index in [2.05, 4.69) is 15.4 Å². The maximum absolute atomic E-state index is 11.4. The fourth-order valence-corrected chi connectivity index (χ4v) is 2.27. The van der Waals surface area contributed by atoms with Gasteiger partial charge in [0.2, 0.25) is 5.82 Å². The topological polar surface area (TPSA) is 107 Å². The van der Waals surface area contributed by atoms with Crippen LogP contribution in [-0.2, 0) is 13.1 Å². The first kappa shape index (κ1) is 16.0. The number of carbonyl (C=O) groups is 1. The smallest absolute Gasteiger partial charge is 0.204 e. The molecule has 0 saturated heterocycles. The summed E-state index contributed by atoms with van der Waals surface area (Å²) in [6.45, 7) is 0.451. The minimum absolute atomic E-state index is 0.302. The van der Waals surface area contributed by atoms with Gasteiger partial charge >= 0.3 is 0 Å². The van der Waals surface area contributed by atoms with Gasteiger partial charge in [-0.1, -0.05) is 48.5 Å². The highest BCUT2D eigenvalue weighted by atomic mass is 16.3. The van der Waals surface area contributed by atoms with E-state index in [1.165, 1.54) is 4.80 Å². The monoisotopic (exact) mass is 323 g/mol. The summed E-state index contributed by atoms with van der Waals surface area (Å²) in [5.74, 6) is 0.245. The normalized spacial score (nSPS) is 10.8. The minimum atomic E-state index is -0.490. The number of ketones is 1. The van der Waals surface area contributed by atoms with Gasteiger partial charge in [0.05, 0.1) is 6.54 Å². The summed E-state index contributed by atoms with van der Waals surface area (Å²) in [5.41, 5.74) is 8.92. The Labute approximate surface area is 138 Å². The lowest BCUT2D eigenvalue weighted by Gasteiger charge is -2.02. The number of benzene rings is 2. The Morgan fingerprint density at radius 1 is 1.04 bits per heavy atom. The number of nitrogens with two attached hydrogens (primary N) is 1. The number of rotatable bonds is 6. The van der Waals surface area contributed by atoms with Gasteiger partial charge in [0.25, 0.3) is 0 Å². The predicted octanol–water partition coefficient (Wildman–Crippen LogP) is 1.02. The van der Waals surface area contributed by atoms with Crippen molar-refractivity contribution in [2.24, 2.45) is 5.73 Å². The van der Waals surface area contributed by atoms with E-state index in [1.807, 2.05) is 36.4 Å². The Hall–Kier alpha value is -2.90. The lowest BCUT2D eigenvalue weighted by atomic mass is 10.1. The van der Waals surface area contributed by atoms with Crippen molar-refractivity contribution in [3.63, 3.8) is 0 Å². The Kier molecular flexibility index (Phi) is 4.74. The molecule has 7 heteroatoms. The second-order valence-electron chi connectivity index (χ2n) is 5.32. The molecule has 0 radical (unpaired) electrons. The number of aliphatic hydroxyl groups excluding tert-OH is 1. The zero-order chi connectivity index (χ0) is 16.9. The third-order valence-corrected chi connectivity index (χ3v) is 3.64. The number of hydrogen-bond acceptors (Lipinski definition) is 6.